The molecule has 2 heterocycles. The van der Waals surface area contributed by atoms with Crippen molar-refractivity contribution in [1.29, 1.82) is 0 Å². The van der Waals surface area contributed by atoms with Crippen LogP contribution in [0, 0.1) is 12.3 Å². The van der Waals surface area contributed by atoms with Crippen LogP contribution in [0.5, 0.6) is 0 Å². The number of aryl methyl sites for hydroxylation is 1. The number of hydrogen-bond donors (Lipinski definition) is 2. The van der Waals surface area contributed by atoms with E-state index in [1.54, 1.807) is 0 Å². The molecule has 1 aromatic heterocycles. The third-order valence-corrected chi connectivity index (χ3v) is 4.72. The second kappa shape index (κ2) is 7.25. The molecule has 1 aliphatic rings. The second-order valence-corrected chi connectivity index (χ2v) is 6.34. The van der Waals surface area contributed by atoms with Crippen LogP contribution >= 0.6 is 0 Å². The Labute approximate surface area is 137 Å². The SMILES string of the molecule is Cc1ncc(CNCC2(CO)CCOCC2)n1-c1ccccc1. The lowest BCUT2D eigenvalue weighted by Crippen LogP contribution is -2.41. The van der Waals surface area contributed by atoms with E-state index >= 15 is 0 Å². The standard InChI is InChI=1S/C18H25N3O2/c1-15-20-12-17(21(15)16-5-3-2-4-6-16)11-19-13-18(14-22)7-9-23-10-8-18/h2-6,12,19,22H,7-11,13-14H2,1H3. The van der Waals surface area contributed by atoms with Gasteiger partial charge in [-0.2, -0.15) is 0 Å². The van der Waals surface area contributed by atoms with E-state index in [1.807, 2.05) is 31.3 Å². The molecule has 0 amide bonds. The average molecular weight is 315 g/mol. The van der Waals surface area contributed by atoms with E-state index in [-0.39, 0.29) is 12.0 Å². The smallest absolute Gasteiger partial charge is 0.110 e. The number of aliphatic hydroxyl groups is 1. The molecule has 1 saturated heterocycles. The van der Waals surface area contributed by atoms with E-state index in [0.717, 1.165) is 56.4 Å². The largest absolute Gasteiger partial charge is 0.396 e. The molecule has 0 radical (unpaired) electrons. The lowest BCUT2D eigenvalue weighted by Gasteiger charge is -2.35. The molecular weight excluding hydrogens is 290 g/mol. The maximum atomic E-state index is 9.76. The number of aromatic nitrogens is 2. The topological polar surface area (TPSA) is 59.3 Å². The van der Waals surface area contributed by atoms with Gasteiger partial charge in [0.05, 0.1) is 18.5 Å². The van der Waals surface area contributed by atoms with Crippen LogP contribution in [0.4, 0.5) is 0 Å². The minimum Gasteiger partial charge on any atom is -0.396 e. The van der Waals surface area contributed by atoms with Crippen LogP contribution < -0.4 is 5.32 Å². The van der Waals surface area contributed by atoms with Gasteiger partial charge in [0.1, 0.15) is 5.82 Å². The molecule has 124 valence electrons. The fourth-order valence-corrected chi connectivity index (χ4v) is 3.20. The van der Waals surface area contributed by atoms with Crippen LogP contribution in [-0.2, 0) is 11.3 Å². The lowest BCUT2D eigenvalue weighted by atomic mass is 9.81. The van der Waals surface area contributed by atoms with Crippen LogP contribution in [0.2, 0.25) is 0 Å². The number of benzene rings is 1. The quantitative estimate of drug-likeness (QED) is 0.857. The number of ether oxygens (including phenoxy) is 1. The number of nitrogens with one attached hydrogen (secondary N) is 1. The van der Waals surface area contributed by atoms with Gasteiger partial charge in [0.2, 0.25) is 0 Å². The monoisotopic (exact) mass is 315 g/mol. The summed E-state index contributed by atoms with van der Waals surface area (Å²) in [5, 5.41) is 13.3. The molecule has 0 bridgehead atoms. The van der Waals surface area contributed by atoms with Crippen LogP contribution in [0.15, 0.2) is 36.5 Å². The predicted octanol–water partition coefficient (Wildman–Crippen LogP) is 2.06. The van der Waals surface area contributed by atoms with Crippen molar-refractivity contribution in [2.45, 2.75) is 26.3 Å². The first-order chi connectivity index (χ1) is 11.2. The molecule has 0 spiro atoms. The minimum atomic E-state index is -0.0507. The van der Waals surface area contributed by atoms with Gasteiger partial charge >= 0.3 is 0 Å². The van der Waals surface area contributed by atoms with Crippen LogP contribution in [0.3, 0.4) is 0 Å². The van der Waals surface area contributed by atoms with Gasteiger partial charge in [-0.15, -0.1) is 0 Å². The molecule has 0 aliphatic carbocycles. The highest BCUT2D eigenvalue weighted by atomic mass is 16.5. The minimum absolute atomic E-state index is 0.0507. The first kappa shape index (κ1) is 16.2. The van der Waals surface area contributed by atoms with Crippen LogP contribution in [-0.4, -0.2) is 41.0 Å². The van der Waals surface area contributed by atoms with Gasteiger partial charge < -0.3 is 15.2 Å². The number of hydrogen-bond acceptors (Lipinski definition) is 4. The number of imidazole rings is 1. The molecule has 0 unspecified atom stereocenters. The van der Waals surface area contributed by atoms with Gasteiger partial charge in [0.25, 0.3) is 0 Å². The first-order valence-electron chi connectivity index (χ1n) is 8.22. The summed E-state index contributed by atoms with van der Waals surface area (Å²) in [4.78, 5) is 4.45. The maximum absolute atomic E-state index is 9.76. The highest BCUT2D eigenvalue weighted by Gasteiger charge is 2.31. The molecule has 0 saturated carbocycles. The highest BCUT2D eigenvalue weighted by molar-refractivity contribution is 5.35. The molecule has 1 aliphatic heterocycles. The van der Waals surface area contributed by atoms with Crippen molar-refractivity contribution in [3.05, 3.63) is 48.0 Å². The molecule has 1 aromatic carbocycles. The molecule has 2 N–H and O–H groups in total. The van der Waals surface area contributed by atoms with Crippen molar-refractivity contribution < 1.29 is 9.84 Å². The van der Waals surface area contributed by atoms with Crippen molar-refractivity contribution >= 4 is 0 Å². The van der Waals surface area contributed by atoms with Gasteiger partial charge in [-0.3, -0.25) is 4.57 Å². The normalized spacial score (nSPS) is 17.3. The van der Waals surface area contributed by atoms with E-state index in [1.165, 1.54) is 0 Å². The Morgan fingerprint density at radius 2 is 2.00 bits per heavy atom. The maximum Gasteiger partial charge on any atom is 0.110 e. The number of aliphatic hydroxyl groups excluding tert-OH is 1. The molecule has 2 aromatic rings. The van der Waals surface area contributed by atoms with E-state index < -0.39 is 0 Å². The Bertz CT molecular complexity index is 618. The van der Waals surface area contributed by atoms with E-state index in [0.29, 0.717) is 0 Å². The summed E-state index contributed by atoms with van der Waals surface area (Å²) in [5.41, 5.74) is 2.21. The third kappa shape index (κ3) is 3.63. The van der Waals surface area contributed by atoms with Crippen molar-refractivity contribution in [2.24, 2.45) is 5.41 Å². The highest BCUT2D eigenvalue weighted by Crippen LogP contribution is 2.29. The van der Waals surface area contributed by atoms with Crippen molar-refractivity contribution in [1.82, 2.24) is 14.9 Å². The molecular formula is C18H25N3O2. The van der Waals surface area contributed by atoms with Crippen molar-refractivity contribution in [3.63, 3.8) is 0 Å². The Balaban J connectivity index is 1.67. The van der Waals surface area contributed by atoms with E-state index in [4.69, 9.17) is 4.74 Å². The van der Waals surface area contributed by atoms with E-state index in [2.05, 4.69) is 27.0 Å². The Morgan fingerprint density at radius 3 is 2.70 bits per heavy atom. The first-order valence-corrected chi connectivity index (χ1v) is 8.22. The molecule has 5 heteroatoms. The fraction of sp³-hybridized carbons (Fsp3) is 0.500. The van der Waals surface area contributed by atoms with Gasteiger partial charge in [0, 0.05) is 37.4 Å². The summed E-state index contributed by atoms with van der Waals surface area (Å²) in [7, 11) is 0. The molecule has 5 nitrogen and oxygen atoms in total. The zero-order valence-electron chi connectivity index (χ0n) is 13.7. The summed E-state index contributed by atoms with van der Waals surface area (Å²) in [6.45, 7) is 5.24. The van der Waals surface area contributed by atoms with Crippen molar-refractivity contribution in [3.8, 4) is 5.69 Å². The van der Waals surface area contributed by atoms with Gasteiger partial charge in [-0.1, -0.05) is 18.2 Å². The van der Waals surface area contributed by atoms with Gasteiger partial charge in [-0.25, -0.2) is 4.98 Å². The Kier molecular flexibility index (Phi) is 5.10. The summed E-state index contributed by atoms with van der Waals surface area (Å²) < 4.78 is 7.59. The molecule has 1 fully saturated rings. The average Bonchev–Trinajstić information content (AvgIpc) is 2.97. The molecule has 3 rings (SSSR count). The summed E-state index contributed by atoms with van der Waals surface area (Å²) in [5.74, 6) is 0.982. The number of rotatable bonds is 6. The fourth-order valence-electron chi connectivity index (χ4n) is 3.20. The van der Waals surface area contributed by atoms with Gasteiger partial charge in [0.15, 0.2) is 0 Å². The van der Waals surface area contributed by atoms with E-state index in [9.17, 15) is 5.11 Å². The molecule has 23 heavy (non-hydrogen) atoms. The van der Waals surface area contributed by atoms with Crippen LogP contribution in [0.25, 0.3) is 5.69 Å². The second-order valence-electron chi connectivity index (χ2n) is 6.34. The zero-order chi connectivity index (χ0) is 16.1. The Morgan fingerprint density at radius 1 is 1.26 bits per heavy atom. The summed E-state index contributed by atoms with van der Waals surface area (Å²) >= 11 is 0. The number of para-hydroxylation sites is 1. The lowest BCUT2D eigenvalue weighted by molar-refractivity contribution is -0.0154. The predicted molar refractivity (Wildman–Crippen MR) is 89.6 cm³/mol. The summed E-state index contributed by atoms with van der Waals surface area (Å²) in [6.07, 6.45) is 3.74. The number of nitrogens with zero attached hydrogens (tertiary/aromatic N) is 2. The zero-order valence-corrected chi connectivity index (χ0v) is 13.7. The molecule has 0 atom stereocenters. The summed E-state index contributed by atoms with van der Waals surface area (Å²) in [6, 6.07) is 10.3. The Hall–Kier alpha value is -1.69. The van der Waals surface area contributed by atoms with Crippen molar-refractivity contribution in [2.75, 3.05) is 26.4 Å². The van der Waals surface area contributed by atoms with Gasteiger partial charge in [-0.05, 0) is 31.9 Å². The van der Waals surface area contributed by atoms with Crippen LogP contribution in [0.1, 0.15) is 24.4 Å². The third-order valence-electron chi connectivity index (χ3n) is 4.72.